The maximum Gasteiger partial charge on any atom is 0.328 e. The predicted molar refractivity (Wildman–Crippen MR) is 120 cm³/mol. The SMILES string of the molecule is COC(=O)[C@H](CC(C)C)Nc1nc(/C=C/c2ccc(OC)cc2)nc2ccccc12. The van der Waals surface area contributed by atoms with Gasteiger partial charge in [-0.2, -0.15) is 0 Å². The van der Waals surface area contributed by atoms with Crippen LogP contribution in [-0.2, 0) is 9.53 Å². The summed E-state index contributed by atoms with van der Waals surface area (Å²) in [5.41, 5.74) is 1.81. The number of esters is 1. The lowest BCUT2D eigenvalue weighted by Crippen LogP contribution is -2.32. The van der Waals surface area contributed by atoms with E-state index >= 15 is 0 Å². The van der Waals surface area contributed by atoms with Crippen LogP contribution in [0.1, 0.15) is 31.7 Å². The second-order valence-corrected chi connectivity index (χ2v) is 7.40. The van der Waals surface area contributed by atoms with E-state index in [0.717, 1.165) is 22.2 Å². The topological polar surface area (TPSA) is 73.3 Å². The van der Waals surface area contributed by atoms with Crippen molar-refractivity contribution in [2.24, 2.45) is 5.92 Å². The highest BCUT2D eigenvalue weighted by atomic mass is 16.5. The molecule has 6 heteroatoms. The molecule has 30 heavy (non-hydrogen) atoms. The fourth-order valence-electron chi connectivity index (χ4n) is 3.16. The van der Waals surface area contributed by atoms with Crippen molar-refractivity contribution >= 4 is 34.8 Å². The molecule has 0 radical (unpaired) electrons. The molecule has 0 saturated heterocycles. The van der Waals surface area contributed by atoms with Crippen molar-refractivity contribution in [1.82, 2.24) is 9.97 Å². The molecule has 0 bridgehead atoms. The summed E-state index contributed by atoms with van der Waals surface area (Å²) in [6, 6.07) is 15.0. The van der Waals surface area contributed by atoms with Gasteiger partial charge in [0.15, 0.2) is 5.82 Å². The number of nitrogens with one attached hydrogen (secondary N) is 1. The summed E-state index contributed by atoms with van der Waals surface area (Å²) < 4.78 is 10.2. The van der Waals surface area contributed by atoms with Crippen LogP contribution in [0.2, 0.25) is 0 Å². The van der Waals surface area contributed by atoms with Crippen molar-refractivity contribution in [3.8, 4) is 5.75 Å². The van der Waals surface area contributed by atoms with Crippen molar-refractivity contribution in [3.05, 3.63) is 59.9 Å². The van der Waals surface area contributed by atoms with Gasteiger partial charge in [-0.05, 0) is 48.2 Å². The first kappa shape index (κ1) is 21.3. The molecule has 3 rings (SSSR count). The number of nitrogens with zero attached hydrogens (tertiary/aromatic N) is 2. The minimum atomic E-state index is -0.480. The number of para-hydroxylation sites is 1. The molecular weight excluding hydrogens is 378 g/mol. The Bertz CT molecular complexity index is 1030. The second kappa shape index (κ2) is 9.87. The largest absolute Gasteiger partial charge is 0.497 e. The van der Waals surface area contributed by atoms with Gasteiger partial charge in [0.25, 0.3) is 0 Å². The molecule has 0 saturated carbocycles. The van der Waals surface area contributed by atoms with E-state index < -0.39 is 6.04 Å². The third-order valence-electron chi connectivity index (χ3n) is 4.66. The van der Waals surface area contributed by atoms with E-state index in [2.05, 4.69) is 29.1 Å². The molecule has 1 heterocycles. The van der Waals surface area contributed by atoms with Crippen molar-refractivity contribution in [2.45, 2.75) is 26.3 Å². The fraction of sp³-hybridized carbons (Fsp3) is 0.292. The van der Waals surface area contributed by atoms with E-state index in [9.17, 15) is 4.79 Å². The summed E-state index contributed by atoms with van der Waals surface area (Å²) in [4.78, 5) is 21.6. The highest BCUT2D eigenvalue weighted by Gasteiger charge is 2.22. The summed E-state index contributed by atoms with van der Waals surface area (Å²) in [5, 5.41) is 4.14. The summed E-state index contributed by atoms with van der Waals surface area (Å²) >= 11 is 0. The Kier molecular flexibility index (Phi) is 7.01. The maximum atomic E-state index is 12.3. The van der Waals surface area contributed by atoms with Gasteiger partial charge in [-0.15, -0.1) is 0 Å². The van der Waals surface area contributed by atoms with Crippen LogP contribution in [0.25, 0.3) is 23.1 Å². The van der Waals surface area contributed by atoms with Gasteiger partial charge >= 0.3 is 5.97 Å². The van der Waals surface area contributed by atoms with Gasteiger partial charge in [0, 0.05) is 5.39 Å². The van der Waals surface area contributed by atoms with Gasteiger partial charge in [0.05, 0.1) is 19.7 Å². The molecule has 0 aliphatic rings. The van der Waals surface area contributed by atoms with Gasteiger partial charge < -0.3 is 14.8 Å². The third kappa shape index (κ3) is 5.35. The molecular formula is C24H27N3O3. The van der Waals surface area contributed by atoms with Crippen LogP contribution in [0.5, 0.6) is 5.75 Å². The smallest absolute Gasteiger partial charge is 0.328 e. The number of ether oxygens (including phenoxy) is 2. The molecule has 0 aliphatic heterocycles. The van der Waals surface area contributed by atoms with E-state index in [1.807, 2.05) is 60.7 Å². The highest BCUT2D eigenvalue weighted by molar-refractivity contribution is 5.92. The number of hydrogen-bond acceptors (Lipinski definition) is 6. The number of methoxy groups -OCH3 is 2. The number of carbonyl (C=O) groups excluding carboxylic acids is 1. The number of rotatable bonds is 8. The Hall–Kier alpha value is -3.41. The lowest BCUT2D eigenvalue weighted by Gasteiger charge is -2.20. The van der Waals surface area contributed by atoms with Crippen LogP contribution in [0.3, 0.4) is 0 Å². The molecule has 0 spiro atoms. The Labute approximate surface area is 177 Å². The molecule has 6 nitrogen and oxygen atoms in total. The average Bonchev–Trinajstić information content (AvgIpc) is 2.76. The lowest BCUT2D eigenvalue weighted by atomic mass is 10.0. The molecule has 1 aromatic heterocycles. The number of anilines is 1. The zero-order valence-corrected chi connectivity index (χ0v) is 17.8. The first-order valence-electron chi connectivity index (χ1n) is 9.93. The molecule has 0 amide bonds. The molecule has 0 fully saturated rings. The molecule has 156 valence electrons. The van der Waals surface area contributed by atoms with Crippen LogP contribution in [0, 0.1) is 5.92 Å². The Balaban J connectivity index is 1.94. The molecule has 1 atom stereocenters. The van der Waals surface area contributed by atoms with E-state index in [4.69, 9.17) is 9.47 Å². The Morgan fingerprint density at radius 1 is 1.03 bits per heavy atom. The molecule has 1 N–H and O–H groups in total. The minimum absolute atomic E-state index is 0.304. The van der Waals surface area contributed by atoms with Crippen LogP contribution in [-0.4, -0.2) is 36.2 Å². The van der Waals surface area contributed by atoms with Crippen molar-refractivity contribution < 1.29 is 14.3 Å². The summed E-state index contributed by atoms with van der Waals surface area (Å²) in [6.45, 7) is 4.14. The number of hydrogen-bond donors (Lipinski definition) is 1. The monoisotopic (exact) mass is 405 g/mol. The van der Waals surface area contributed by atoms with Crippen LogP contribution < -0.4 is 10.1 Å². The van der Waals surface area contributed by atoms with E-state index in [1.54, 1.807) is 7.11 Å². The molecule has 2 aromatic carbocycles. The molecule has 3 aromatic rings. The highest BCUT2D eigenvalue weighted by Crippen LogP contribution is 2.23. The van der Waals surface area contributed by atoms with E-state index in [-0.39, 0.29) is 5.97 Å². The van der Waals surface area contributed by atoms with Gasteiger partial charge in [-0.3, -0.25) is 0 Å². The molecule has 0 unspecified atom stereocenters. The Morgan fingerprint density at radius 2 is 1.77 bits per heavy atom. The van der Waals surface area contributed by atoms with Crippen LogP contribution in [0.15, 0.2) is 48.5 Å². The van der Waals surface area contributed by atoms with Gasteiger partial charge in [-0.25, -0.2) is 14.8 Å². The predicted octanol–water partition coefficient (Wildman–Crippen LogP) is 4.81. The molecule has 0 aliphatic carbocycles. The maximum absolute atomic E-state index is 12.3. The quantitative estimate of drug-likeness (QED) is 0.542. The summed E-state index contributed by atoms with van der Waals surface area (Å²) in [5.74, 6) is 2.00. The summed E-state index contributed by atoms with van der Waals surface area (Å²) in [6.07, 6.45) is 4.44. The van der Waals surface area contributed by atoms with E-state index in [0.29, 0.717) is 24.0 Å². The number of fused-ring (bicyclic) bond motifs is 1. The Morgan fingerprint density at radius 3 is 2.43 bits per heavy atom. The third-order valence-corrected chi connectivity index (χ3v) is 4.66. The van der Waals surface area contributed by atoms with Crippen molar-refractivity contribution in [3.63, 3.8) is 0 Å². The fourth-order valence-corrected chi connectivity index (χ4v) is 3.16. The average molecular weight is 405 g/mol. The minimum Gasteiger partial charge on any atom is -0.497 e. The lowest BCUT2D eigenvalue weighted by molar-refractivity contribution is -0.141. The number of aromatic nitrogens is 2. The number of benzene rings is 2. The van der Waals surface area contributed by atoms with Gasteiger partial charge in [-0.1, -0.05) is 44.2 Å². The normalized spacial score (nSPS) is 12.3. The zero-order chi connectivity index (χ0) is 21.5. The van der Waals surface area contributed by atoms with Crippen LogP contribution >= 0.6 is 0 Å². The zero-order valence-electron chi connectivity index (χ0n) is 17.8. The van der Waals surface area contributed by atoms with Crippen molar-refractivity contribution in [2.75, 3.05) is 19.5 Å². The van der Waals surface area contributed by atoms with Crippen LogP contribution in [0.4, 0.5) is 5.82 Å². The second-order valence-electron chi connectivity index (χ2n) is 7.40. The van der Waals surface area contributed by atoms with Gasteiger partial charge in [0.1, 0.15) is 17.6 Å². The van der Waals surface area contributed by atoms with Gasteiger partial charge in [0.2, 0.25) is 0 Å². The van der Waals surface area contributed by atoms with E-state index in [1.165, 1.54) is 7.11 Å². The standard InChI is InChI=1S/C24H27N3O3/c1-16(2)15-21(24(28)30-4)26-23-19-7-5-6-8-20(19)25-22(27-23)14-11-17-9-12-18(29-3)13-10-17/h5-14,16,21H,15H2,1-4H3,(H,25,26,27)/b14-11+/t21-/m0/s1. The first-order valence-corrected chi connectivity index (χ1v) is 9.93. The number of carbonyl (C=O) groups is 1. The summed E-state index contributed by atoms with van der Waals surface area (Å²) in [7, 11) is 3.04. The first-order chi connectivity index (χ1) is 14.5. The van der Waals surface area contributed by atoms with Crippen molar-refractivity contribution in [1.29, 1.82) is 0 Å².